The van der Waals surface area contributed by atoms with Gasteiger partial charge in [0.2, 0.25) is 5.91 Å². The molecule has 2 saturated heterocycles. The molecule has 1 unspecified atom stereocenters. The maximum Gasteiger partial charge on any atom is 0.417 e. The molecule has 11 heteroatoms. The number of imide groups is 1. The molecule has 2 aliphatic rings. The van der Waals surface area contributed by atoms with E-state index < -0.39 is 54.0 Å². The molecule has 46 heavy (non-hydrogen) atoms. The smallest absolute Gasteiger partial charge is 0.417 e. The van der Waals surface area contributed by atoms with E-state index in [1.54, 1.807) is 18.2 Å². The van der Waals surface area contributed by atoms with Gasteiger partial charge in [0.15, 0.2) is 0 Å². The molecule has 2 aliphatic heterocycles. The number of ether oxygens (including phenoxy) is 1. The molecule has 5 rings (SSSR count). The van der Waals surface area contributed by atoms with Crippen LogP contribution in [0.4, 0.5) is 31.1 Å². The Morgan fingerprint density at radius 3 is 2.26 bits per heavy atom. The van der Waals surface area contributed by atoms with Gasteiger partial charge >= 0.3 is 18.4 Å². The number of halogens is 6. The molecule has 0 aliphatic carbocycles. The van der Waals surface area contributed by atoms with Crippen LogP contribution in [0.1, 0.15) is 73.7 Å². The highest BCUT2D eigenvalue weighted by atomic mass is 19.4. The number of piperidine rings is 1. The molecule has 246 valence electrons. The van der Waals surface area contributed by atoms with Crippen LogP contribution in [0.3, 0.4) is 0 Å². The van der Waals surface area contributed by atoms with E-state index in [9.17, 15) is 35.9 Å². The van der Waals surface area contributed by atoms with E-state index in [0.29, 0.717) is 47.9 Å². The van der Waals surface area contributed by atoms with Crippen LogP contribution in [-0.2, 0) is 22.1 Å². The third kappa shape index (κ3) is 7.74. The number of cyclic esters (lactones) is 1. The summed E-state index contributed by atoms with van der Waals surface area (Å²) in [6, 6.07) is 16.0. The molecule has 0 spiro atoms. The highest BCUT2D eigenvalue weighted by molar-refractivity contribution is 5.97. The van der Waals surface area contributed by atoms with Crippen LogP contribution < -0.4 is 5.32 Å². The number of benzene rings is 3. The summed E-state index contributed by atoms with van der Waals surface area (Å²) >= 11 is 0. The summed E-state index contributed by atoms with van der Waals surface area (Å²) in [5.74, 6) is -1.36. The second-order valence-electron chi connectivity index (χ2n) is 12.5. The zero-order valence-corrected chi connectivity index (χ0v) is 25.5. The summed E-state index contributed by atoms with van der Waals surface area (Å²) in [5.41, 5.74) is 1.92. The van der Waals surface area contributed by atoms with Crippen LogP contribution in [0, 0.1) is 5.92 Å². The molecule has 5 nitrogen and oxygen atoms in total. The van der Waals surface area contributed by atoms with Gasteiger partial charge in [-0.05, 0) is 84.0 Å². The zero-order chi connectivity index (χ0) is 33.2. The summed E-state index contributed by atoms with van der Waals surface area (Å²) in [6.07, 6.45) is -8.40. The number of hydrogen-bond donors (Lipinski definition) is 1. The van der Waals surface area contributed by atoms with Gasteiger partial charge in [0.25, 0.3) is 0 Å². The van der Waals surface area contributed by atoms with Gasteiger partial charge in [-0.3, -0.25) is 10.1 Å². The minimum atomic E-state index is -4.54. The van der Waals surface area contributed by atoms with Gasteiger partial charge in [0.05, 0.1) is 17.5 Å². The van der Waals surface area contributed by atoms with Crippen molar-refractivity contribution >= 4 is 12.0 Å². The maximum absolute atomic E-state index is 14.3. The molecular formula is C35H36F6N2O3. The Kier molecular flexibility index (Phi) is 9.81. The summed E-state index contributed by atoms with van der Waals surface area (Å²) < 4.78 is 86.4. The van der Waals surface area contributed by atoms with E-state index >= 15 is 0 Å². The highest BCUT2D eigenvalue weighted by Gasteiger charge is 2.44. The van der Waals surface area contributed by atoms with Gasteiger partial charge in [0.1, 0.15) is 12.6 Å². The standard InChI is InChI=1S/C35H36F6N2O3/c1-21(2)15-29(32(44)43-28(20-46-33(43)45)16-22-7-4-3-5-8-22)25-17-24(23-11-13-27(14-12-23)34(36,37)38)18-26(19-25)30-9-6-10-31(42-30)35(39,40)41/h3-5,7-8,11-14,17-19,21,28-31,42H,6,9-10,15-16,20H2,1-2H3/t28-,29?,30+,31-/m1/s1. The van der Waals surface area contributed by atoms with Gasteiger partial charge in [-0.25, -0.2) is 9.69 Å². The van der Waals surface area contributed by atoms with Crippen molar-refractivity contribution in [2.75, 3.05) is 6.61 Å². The van der Waals surface area contributed by atoms with Crippen LogP contribution >= 0.6 is 0 Å². The molecule has 1 N–H and O–H groups in total. The predicted molar refractivity (Wildman–Crippen MR) is 161 cm³/mol. The highest BCUT2D eigenvalue weighted by Crippen LogP contribution is 2.39. The van der Waals surface area contributed by atoms with Crippen molar-refractivity contribution in [3.8, 4) is 11.1 Å². The number of hydrogen-bond acceptors (Lipinski definition) is 4. The molecule has 0 bridgehead atoms. The van der Waals surface area contributed by atoms with Crippen molar-refractivity contribution in [2.24, 2.45) is 5.92 Å². The minimum absolute atomic E-state index is 0.0132. The number of carbonyl (C=O) groups is 2. The minimum Gasteiger partial charge on any atom is -0.447 e. The van der Waals surface area contributed by atoms with E-state index in [2.05, 4.69) is 5.32 Å². The molecule has 3 aromatic carbocycles. The van der Waals surface area contributed by atoms with Gasteiger partial charge in [0, 0.05) is 6.04 Å². The number of alkyl halides is 6. The quantitative estimate of drug-likeness (QED) is 0.249. The SMILES string of the molecule is CC(C)CC(C(=O)N1C(=O)OC[C@H]1Cc1ccccc1)c1cc(-c2ccc(C(F)(F)F)cc2)cc([C@@H]2CCC[C@H](C(F)(F)F)N2)c1. The van der Waals surface area contributed by atoms with Crippen molar-refractivity contribution < 1.29 is 40.7 Å². The molecular weight excluding hydrogens is 610 g/mol. The van der Waals surface area contributed by atoms with Crippen LogP contribution in [0.2, 0.25) is 0 Å². The molecule has 0 aromatic heterocycles. The van der Waals surface area contributed by atoms with Crippen molar-refractivity contribution in [2.45, 2.75) is 82.3 Å². The van der Waals surface area contributed by atoms with Gasteiger partial charge < -0.3 is 4.74 Å². The van der Waals surface area contributed by atoms with Crippen LogP contribution in [0.15, 0.2) is 72.8 Å². The molecule has 3 aromatic rings. The Morgan fingerprint density at radius 2 is 1.63 bits per heavy atom. The third-order valence-electron chi connectivity index (χ3n) is 8.63. The fourth-order valence-corrected chi connectivity index (χ4v) is 6.34. The third-order valence-corrected chi connectivity index (χ3v) is 8.63. The first-order valence-corrected chi connectivity index (χ1v) is 15.4. The largest absolute Gasteiger partial charge is 0.447 e. The van der Waals surface area contributed by atoms with Gasteiger partial charge in [-0.15, -0.1) is 0 Å². The second-order valence-corrected chi connectivity index (χ2v) is 12.5. The lowest BCUT2D eigenvalue weighted by atomic mass is 9.83. The topological polar surface area (TPSA) is 58.6 Å². The lowest BCUT2D eigenvalue weighted by Crippen LogP contribution is -2.46. The van der Waals surface area contributed by atoms with Crippen molar-refractivity contribution in [3.63, 3.8) is 0 Å². The second kappa shape index (κ2) is 13.5. The Hall–Kier alpha value is -3.86. The molecule has 4 atom stereocenters. The van der Waals surface area contributed by atoms with E-state index in [-0.39, 0.29) is 18.9 Å². The lowest BCUT2D eigenvalue weighted by Gasteiger charge is -2.33. The first kappa shape index (κ1) is 33.5. The lowest BCUT2D eigenvalue weighted by molar-refractivity contribution is -0.163. The van der Waals surface area contributed by atoms with Crippen molar-refractivity contribution in [3.05, 3.63) is 95.1 Å². The Balaban J connectivity index is 1.56. The Morgan fingerprint density at radius 1 is 0.935 bits per heavy atom. The first-order chi connectivity index (χ1) is 21.7. The summed E-state index contributed by atoms with van der Waals surface area (Å²) in [7, 11) is 0. The molecule has 0 radical (unpaired) electrons. The molecule has 2 amide bonds. The van der Waals surface area contributed by atoms with Crippen molar-refractivity contribution in [1.82, 2.24) is 10.2 Å². The Bertz CT molecular complexity index is 1520. The van der Waals surface area contributed by atoms with Crippen LogP contribution in [0.25, 0.3) is 11.1 Å². The summed E-state index contributed by atoms with van der Waals surface area (Å²) in [4.78, 5) is 28.4. The van der Waals surface area contributed by atoms with Crippen molar-refractivity contribution in [1.29, 1.82) is 0 Å². The molecule has 0 saturated carbocycles. The average molecular weight is 647 g/mol. The maximum atomic E-state index is 14.3. The number of nitrogens with one attached hydrogen (secondary N) is 1. The average Bonchev–Trinajstić information content (AvgIpc) is 3.38. The monoisotopic (exact) mass is 646 g/mol. The number of carbonyl (C=O) groups excluding carboxylic acids is 2. The zero-order valence-electron chi connectivity index (χ0n) is 25.5. The molecule has 2 heterocycles. The number of amides is 2. The first-order valence-electron chi connectivity index (χ1n) is 15.4. The number of nitrogens with zero attached hydrogens (tertiary/aromatic N) is 1. The van der Waals surface area contributed by atoms with Crippen LogP contribution in [0.5, 0.6) is 0 Å². The van der Waals surface area contributed by atoms with E-state index in [1.165, 1.54) is 12.1 Å². The van der Waals surface area contributed by atoms with E-state index in [4.69, 9.17) is 4.74 Å². The van der Waals surface area contributed by atoms with E-state index in [0.717, 1.165) is 22.6 Å². The fourth-order valence-electron chi connectivity index (χ4n) is 6.34. The predicted octanol–water partition coefficient (Wildman–Crippen LogP) is 8.84. The number of rotatable bonds is 8. The Labute approximate surface area is 263 Å². The van der Waals surface area contributed by atoms with Gasteiger partial charge in [-0.2, -0.15) is 26.3 Å². The fraction of sp³-hybridized carbons (Fsp3) is 0.429. The van der Waals surface area contributed by atoms with Crippen LogP contribution in [-0.4, -0.2) is 41.8 Å². The van der Waals surface area contributed by atoms with Gasteiger partial charge in [-0.1, -0.05) is 68.4 Å². The summed E-state index contributed by atoms with van der Waals surface area (Å²) in [5, 5.41) is 2.71. The van der Waals surface area contributed by atoms with E-state index in [1.807, 2.05) is 44.2 Å². The summed E-state index contributed by atoms with van der Waals surface area (Å²) in [6.45, 7) is 3.86. The molecule has 2 fully saturated rings. The normalized spacial score (nSPS) is 21.4.